The molecule has 4 rings (SSSR count). The molecule has 0 spiro atoms. The Kier molecular flexibility index (Phi) is 6.28. The Bertz CT molecular complexity index is 1020. The average molecular weight is 472 g/mol. The molecule has 0 atom stereocenters. The van der Waals surface area contributed by atoms with Gasteiger partial charge in [0.1, 0.15) is 12.4 Å². The van der Waals surface area contributed by atoms with E-state index in [-0.39, 0.29) is 5.91 Å². The number of benzene rings is 2. The minimum atomic E-state index is -0.203. The first-order valence-electron chi connectivity index (χ1n) is 9.61. The molecule has 1 aliphatic heterocycles. The first-order chi connectivity index (χ1) is 14.1. The second kappa shape index (κ2) is 9.07. The van der Waals surface area contributed by atoms with Crippen LogP contribution in [0.25, 0.3) is 0 Å². The van der Waals surface area contributed by atoms with Crippen LogP contribution in [0.1, 0.15) is 33.4 Å². The molecule has 2 heterocycles. The fourth-order valence-corrected chi connectivity index (χ4v) is 4.73. The predicted octanol–water partition coefficient (Wildman–Crippen LogP) is 5.11. The van der Waals surface area contributed by atoms with Crippen LogP contribution < -0.4 is 10.1 Å². The Balaban J connectivity index is 1.47. The number of rotatable bonds is 6. The van der Waals surface area contributed by atoms with Crippen molar-refractivity contribution in [3.8, 4) is 5.75 Å². The second-order valence-electron chi connectivity index (χ2n) is 6.84. The summed E-state index contributed by atoms with van der Waals surface area (Å²) in [7, 11) is 0. The minimum Gasteiger partial charge on any atom is -0.488 e. The van der Waals surface area contributed by atoms with Crippen LogP contribution in [0.15, 0.2) is 53.0 Å². The molecule has 0 fully saturated rings. The molecule has 0 saturated carbocycles. The van der Waals surface area contributed by atoms with E-state index in [1.807, 2.05) is 42.5 Å². The van der Waals surface area contributed by atoms with E-state index in [4.69, 9.17) is 4.74 Å². The van der Waals surface area contributed by atoms with Gasteiger partial charge in [-0.25, -0.2) is 4.98 Å². The number of aromatic nitrogens is 1. The number of halogens is 1. The van der Waals surface area contributed by atoms with Crippen LogP contribution in [0, 0.1) is 0 Å². The van der Waals surface area contributed by atoms with E-state index in [0.717, 1.165) is 41.8 Å². The van der Waals surface area contributed by atoms with Crippen molar-refractivity contribution in [3.63, 3.8) is 0 Å². The lowest BCUT2D eigenvalue weighted by atomic mass is 10.2. The van der Waals surface area contributed by atoms with Gasteiger partial charge in [0.2, 0.25) is 0 Å². The number of nitrogens with zero attached hydrogens (tertiary/aromatic N) is 2. The highest BCUT2D eigenvalue weighted by atomic mass is 79.9. The summed E-state index contributed by atoms with van der Waals surface area (Å²) in [6.45, 7) is 5.50. The quantitative estimate of drug-likeness (QED) is 0.542. The van der Waals surface area contributed by atoms with Crippen molar-refractivity contribution in [1.82, 2.24) is 9.88 Å². The van der Waals surface area contributed by atoms with Crippen LogP contribution in [0.2, 0.25) is 0 Å². The van der Waals surface area contributed by atoms with Crippen LogP contribution in [-0.4, -0.2) is 28.9 Å². The molecule has 1 aromatic heterocycles. The summed E-state index contributed by atoms with van der Waals surface area (Å²) in [5.74, 6) is 0.352. The summed E-state index contributed by atoms with van der Waals surface area (Å²) >= 11 is 5.09. The van der Waals surface area contributed by atoms with Crippen molar-refractivity contribution in [2.45, 2.75) is 26.5 Å². The number of hydrogen-bond donors (Lipinski definition) is 1. The van der Waals surface area contributed by atoms with Crippen LogP contribution in [0.3, 0.4) is 0 Å². The smallest absolute Gasteiger partial charge is 0.261 e. The Morgan fingerprint density at radius 2 is 2.03 bits per heavy atom. The number of amides is 1. The molecule has 3 aromatic rings. The first kappa shape index (κ1) is 20.1. The maximum Gasteiger partial charge on any atom is 0.261 e. The Labute approximate surface area is 182 Å². The Morgan fingerprint density at radius 1 is 1.24 bits per heavy atom. The number of anilines is 1. The molecular weight excluding hydrogens is 450 g/mol. The second-order valence-corrected chi connectivity index (χ2v) is 8.78. The van der Waals surface area contributed by atoms with E-state index in [0.29, 0.717) is 23.1 Å². The van der Waals surface area contributed by atoms with Gasteiger partial charge in [0.15, 0.2) is 5.13 Å². The molecule has 29 heavy (non-hydrogen) atoms. The maximum atomic E-state index is 12.9. The molecule has 2 aromatic carbocycles. The summed E-state index contributed by atoms with van der Waals surface area (Å²) in [4.78, 5) is 21.2. The Morgan fingerprint density at radius 3 is 2.86 bits per heavy atom. The number of carbonyl (C=O) groups excluding carboxylic acids is 1. The van der Waals surface area contributed by atoms with E-state index in [1.54, 1.807) is 17.4 Å². The highest BCUT2D eigenvalue weighted by Gasteiger charge is 2.21. The summed E-state index contributed by atoms with van der Waals surface area (Å²) in [6.07, 6.45) is 0.932. The highest BCUT2D eigenvalue weighted by molar-refractivity contribution is 9.10. The third kappa shape index (κ3) is 4.69. The molecule has 0 saturated heterocycles. The monoisotopic (exact) mass is 471 g/mol. The number of nitrogens with one attached hydrogen (secondary N) is 1. The number of ether oxygens (including phenoxy) is 1. The lowest BCUT2D eigenvalue weighted by Gasteiger charge is -2.23. The predicted molar refractivity (Wildman–Crippen MR) is 120 cm³/mol. The summed E-state index contributed by atoms with van der Waals surface area (Å²) < 4.78 is 6.94. The third-order valence-corrected chi connectivity index (χ3v) is 6.72. The summed E-state index contributed by atoms with van der Waals surface area (Å²) in [5, 5.41) is 3.61. The van der Waals surface area contributed by atoms with E-state index in [9.17, 15) is 4.79 Å². The van der Waals surface area contributed by atoms with Crippen molar-refractivity contribution >= 4 is 38.3 Å². The van der Waals surface area contributed by atoms with Gasteiger partial charge < -0.3 is 4.74 Å². The first-order valence-corrected chi connectivity index (χ1v) is 11.2. The van der Waals surface area contributed by atoms with Crippen LogP contribution in [-0.2, 0) is 19.6 Å². The molecule has 150 valence electrons. The fraction of sp³-hybridized carbons (Fsp3) is 0.273. The SMILES string of the molecule is CCN1CCc2nc(NC(=O)c3ccccc3OCc3ccccc3Br)sc2C1. The van der Waals surface area contributed by atoms with Crippen molar-refractivity contribution in [3.05, 3.63) is 74.7 Å². The number of hydrogen-bond acceptors (Lipinski definition) is 5. The van der Waals surface area contributed by atoms with Gasteiger partial charge in [-0.1, -0.05) is 53.2 Å². The zero-order chi connectivity index (χ0) is 20.2. The Hall–Kier alpha value is -2.22. The van der Waals surface area contributed by atoms with E-state index in [1.165, 1.54) is 4.88 Å². The topological polar surface area (TPSA) is 54.5 Å². The standard InChI is InChI=1S/C22H22BrN3O2S/c1-2-26-12-11-18-20(13-26)29-22(24-18)25-21(27)16-8-4-6-10-19(16)28-14-15-7-3-5-9-17(15)23/h3-10H,2,11-14H2,1H3,(H,24,25,27). The zero-order valence-corrected chi connectivity index (χ0v) is 18.6. The van der Waals surface area contributed by atoms with E-state index >= 15 is 0 Å². The van der Waals surface area contributed by atoms with Crippen LogP contribution in [0.5, 0.6) is 5.75 Å². The zero-order valence-electron chi connectivity index (χ0n) is 16.2. The van der Waals surface area contributed by atoms with E-state index < -0.39 is 0 Å². The lowest BCUT2D eigenvalue weighted by Crippen LogP contribution is -2.29. The van der Waals surface area contributed by atoms with Crippen molar-refractivity contribution < 1.29 is 9.53 Å². The van der Waals surface area contributed by atoms with Crippen molar-refractivity contribution in [1.29, 1.82) is 0 Å². The molecule has 5 nitrogen and oxygen atoms in total. The molecule has 1 N–H and O–H groups in total. The molecule has 1 aliphatic rings. The number of thiazole rings is 1. The van der Waals surface area contributed by atoms with Gasteiger partial charge in [-0.3, -0.25) is 15.0 Å². The van der Waals surface area contributed by atoms with Gasteiger partial charge in [0.05, 0.1) is 11.3 Å². The highest BCUT2D eigenvalue weighted by Crippen LogP contribution is 2.29. The normalized spacial score (nSPS) is 13.7. The van der Waals surface area contributed by atoms with Crippen LogP contribution in [0.4, 0.5) is 5.13 Å². The van der Waals surface area contributed by atoms with Crippen molar-refractivity contribution in [2.24, 2.45) is 0 Å². The minimum absolute atomic E-state index is 0.203. The van der Waals surface area contributed by atoms with Gasteiger partial charge in [-0.2, -0.15) is 0 Å². The molecule has 7 heteroatoms. The summed E-state index contributed by atoms with van der Waals surface area (Å²) in [6, 6.07) is 15.2. The average Bonchev–Trinajstić information content (AvgIpc) is 3.14. The largest absolute Gasteiger partial charge is 0.488 e. The van der Waals surface area contributed by atoms with Gasteiger partial charge in [0, 0.05) is 34.4 Å². The van der Waals surface area contributed by atoms with E-state index in [2.05, 4.69) is 38.1 Å². The van der Waals surface area contributed by atoms with Gasteiger partial charge in [-0.05, 0) is 24.7 Å². The number of carbonyl (C=O) groups is 1. The molecule has 0 radical (unpaired) electrons. The van der Waals surface area contributed by atoms with Gasteiger partial charge in [0.25, 0.3) is 5.91 Å². The van der Waals surface area contributed by atoms with Crippen molar-refractivity contribution in [2.75, 3.05) is 18.4 Å². The number of likely N-dealkylation sites (N-methyl/N-ethyl adjacent to an activating group) is 1. The molecule has 0 aliphatic carbocycles. The number of fused-ring (bicyclic) bond motifs is 1. The van der Waals surface area contributed by atoms with Gasteiger partial charge >= 0.3 is 0 Å². The lowest BCUT2D eigenvalue weighted by molar-refractivity contribution is 0.102. The van der Waals surface area contributed by atoms with Crippen LogP contribution >= 0.6 is 27.3 Å². The maximum absolute atomic E-state index is 12.9. The third-order valence-electron chi connectivity index (χ3n) is 4.95. The summed E-state index contributed by atoms with van der Waals surface area (Å²) in [5.41, 5.74) is 2.63. The van der Waals surface area contributed by atoms with Gasteiger partial charge in [-0.15, -0.1) is 11.3 Å². The fourth-order valence-electron chi connectivity index (χ4n) is 3.29. The molecule has 1 amide bonds. The molecule has 0 unspecified atom stereocenters. The molecule has 0 bridgehead atoms. The molecular formula is C22H22BrN3O2S. The number of para-hydroxylation sites is 1.